The number of nitrogens with zero attached hydrogens (tertiary/aromatic N) is 4. The summed E-state index contributed by atoms with van der Waals surface area (Å²) in [6, 6.07) is 22.5. The van der Waals surface area contributed by atoms with Crippen molar-refractivity contribution in [3.8, 4) is 11.5 Å². The Labute approximate surface area is 446 Å². The van der Waals surface area contributed by atoms with Crippen LogP contribution in [0.5, 0.6) is 11.5 Å². The Balaban J connectivity index is 1.30. The largest absolute Gasteiger partial charge is 0.497 e. The van der Waals surface area contributed by atoms with E-state index in [2.05, 4.69) is 0 Å². The van der Waals surface area contributed by atoms with Gasteiger partial charge < -0.3 is 49.2 Å². The third-order valence-corrected chi connectivity index (χ3v) is 12.6. The van der Waals surface area contributed by atoms with Gasteiger partial charge >= 0.3 is 54.0 Å². The SMILES string of the molecule is COc1ccc(C(OC[C@H]2O[C@@H](n3cc(CCN(CCCN(CCCCN(CCCNC(=O)C(F)(F)F)C(=O)C(F)(F)F)C(=O)C(F)(F)F)C(=O)C(F)(F)F)c(=O)[nH]c3=O)[C@H](O)[C@@H]2O)(c2ccccc2)c2ccc(OC)cc2)cc1. The van der Waals surface area contributed by atoms with Crippen LogP contribution in [0.3, 0.4) is 0 Å². The number of aliphatic hydroxyl groups is 2. The molecule has 18 nitrogen and oxygen atoms in total. The smallest absolute Gasteiger partial charge is 0.471 e. The number of halogens is 12. The van der Waals surface area contributed by atoms with Gasteiger partial charge in [0.15, 0.2) is 6.23 Å². The van der Waals surface area contributed by atoms with Crippen molar-refractivity contribution in [2.45, 2.75) is 87.0 Å². The van der Waals surface area contributed by atoms with Gasteiger partial charge in [-0.2, -0.15) is 52.7 Å². The fourth-order valence-corrected chi connectivity index (χ4v) is 8.64. The second-order valence-electron chi connectivity index (χ2n) is 18.0. The molecule has 0 bridgehead atoms. The zero-order valence-corrected chi connectivity index (χ0v) is 42.4. The van der Waals surface area contributed by atoms with Crippen molar-refractivity contribution in [1.29, 1.82) is 0 Å². The number of unbranched alkanes of at least 4 members (excludes halogenated alkanes) is 1. The number of ether oxygens (including phenoxy) is 4. The normalized spacial score (nSPS) is 16.9. The summed E-state index contributed by atoms with van der Waals surface area (Å²) >= 11 is 0. The lowest BCUT2D eigenvalue weighted by Crippen LogP contribution is -2.46. The van der Waals surface area contributed by atoms with Gasteiger partial charge in [-0.1, -0.05) is 54.6 Å². The highest BCUT2D eigenvalue weighted by Crippen LogP contribution is 2.43. The molecule has 1 aliphatic heterocycles. The van der Waals surface area contributed by atoms with Gasteiger partial charge in [0.25, 0.3) is 5.56 Å². The number of aliphatic hydroxyl groups excluding tert-OH is 2. The number of hydrogen-bond donors (Lipinski definition) is 4. The van der Waals surface area contributed by atoms with E-state index in [1.165, 1.54) is 19.5 Å². The molecule has 0 spiro atoms. The van der Waals surface area contributed by atoms with Crippen LogP contribution in [0, 0.1) is 0 Å². The van der Waals surface area contributed by atoms with E-state index in [0.717, 1.165) is 6.20 Å². The highest BCUT2D eigenvalue weighted by atomic mass is 19.4. The van der Waals surface area contributed by atoms with Crippen LogP contribution in [-0.2, 0) is 40.7 Å². The van der Waals surface area contributed by atoms with E-state index < -0.39 is 180 Å². The number of H-pyrrole nitrogens is 1. The first-order valence-electron chi connectivity index (χ1n) is 24.2. The molecule has 1 aliphatic rings. The molecule has 1 fully saturated rings. The number of alkyl halides is 12. The number of rotatable bonds is 25. The van der Waals surface area contributed by atoms with Crippen LogP contribution in [-0.4, -0.2) is 168 Å². The molecule has 1 aromatic heterocycles. The molecule has 4 atom stereocenters. The average molecular weight is 1160 g/mol. The number of carbonyl (C=O) groups excluding carboxylic acids is 4. The van der Waals surface area contributed by atoms with Gasteiger partial charge in [0.2, 0.25) is 0 Å². The number of hydrogen-bond acceptors (Lipinski definition) is 12. The van der Waals surface area contributed by atoms with Gasteiger partial charge in [0, 0.05) is 57.6 Å². The Morgan fingerprint density at radius 1 is 0.600 bits per heavy atom. The molecule has 0 saturated carbocycles. The molecule has 4 N–H and O–H groups in total. The fourth-order valence-electron chi connectivity index (χ4n) is 8.64. The van der Waals surface area contributed by atoms with Gasteiger partial charge in [-0.3, -0.25) is 33.5 Å². The summed E-state index contributed by atoms with van der Waals surface area (Å²) in [5.41, 5.74) is -2.64. The number of benzene rings is 3. The summed E-state index contributed by atoms with van der Waals surface area (Å²) in [6.45, 7) is -6.98. The molecule has 440 valence electrons. The predicted molar refractivity (Wildman–Crippen MR) is 255 cm³/mol. The highest BCUT2D eigenvalue weighted by molar-refractivity contribution is 5.83. The first-order valence-corrected chi connectivity index (χ1v) is 24.2. The molecule has 4 amide bonds. The first kappa shape index (κ1) is 63.6. The van der Waals surface area contributed by atoms with Crippen LogP contribution in [0.15, 0.2) is 94.6 Å². The molecule has 4 aromatic rings. The van der Waals surface area contributed by atoms with Gasteiger partial charge in [-0.25, -0.2) is 4.79 Å². The summed E-state index contributed by atoms with van der Waals surface area (Å²) in [6.07, 6.45) is -31.5. The van der Waals surface area contributed by atoms with Crippen molar-refractivity contribution in [2.24, 2.45) is 0 Å². The lowest BCUT2D eigenvalue weighted by molar-refractivity contribution is -0.187. The van der Waals surface area contributed by atoms with Gasteiger partial charge in [0.1, 0.15) is 35.4 Å². The van der Waals surface area contributed by atoms with Crippen LogP contribution in [0.1, 0.15) is 54.2 Å². The van der Waals surface area contributed by atoms with E-state index in [9.17, 15) is 91.7 Å². The fraction of sp³-hybridized carbons (Fsp3) is 0.480. The van der Waals surface area contributed by atoms with Crippen molar-refractivity contribution in [3.05, 3.63) is 128 Å². The summed E-state index contributed by atoms with van der Waals surface area (Å²) in [5.74, 6) is -8.96. The second kappa shape index (κ2) is 26.9. The molecular weight excluding hydrogens is 1100 g/mol. The van der Waals surface area contributed by atoms with Crippen molar-refractivity contribution >= 4 is 23.6 Å². The molecule has 0 aliphatic carbocycles. The molecule has 30 heteroatoms. The molecule has 3 aromatic carbocycles. The molecular formula is C50H54F12N6O12. The zero-order valence-electron chi connectivity index (χ0n) is 42.4. The van der Waals surface area contributed by atoms with Gasteiger partial charge in [0.05, 0.1) is 20.8 Å². The number of methoxy groups -OCH3 is 2. The zero-order chi connectivity index (χ0) is 59.4. The Kier molecular flexibility index (Phi) is 21.4. The predicted octanol–water partition coefficient (Wildman–Crippen LogP) is 5.14. The number of amides is 4. The third-order valence-electron chi connectivity index (χ3n) is 12.6. The van der Waals surface area contributed by atoms with E-state index in [1.54, 1.807) is 78.9 Å². The maximum absolute atomic E-state index is 13.9. The molecule has 5 rings (SSSR count). The van der Waals surface area contributed by atoms with Crippen molar-refractivity contribution < 1.29 is 101 Å². The second-order valence-corrected chi connectivity index (χ2v) is 18.0. The summed E-state index contributed by atoms with van der Waals surface area (Å²) in [7, 11) is 2.95. The quantitative estimate of drug-likeness (QED) is 0.0385. The van der Waals surface area contributed by atoms with E-state index in [1.807, 2.05) is 4.98 Å². The molecule has 0 radical (unpaired) electrons. The van der Waals surface area contributed by atoms with E-state index in [-0.39, 0.29) is 14.7 Å². The van der Waals surface area contributed by atoms with Crippen molar-refractivity contribution in [3.63, 3.8) is 0 Å². The summed E-state index contributed by atoms with van der Waals surface area (Å²) in [5, 5.41) is 24.1. The van der Waals surface area contributed by atoms with E-state index in [0.29, 0.717) is 32.8 Å². The van der Waals surface area contributed by atoms with Crippen LogP contribution >= 0.6 is 0 Å². The summed E-state index contributed by atoms with van der Waals surface area (Å²) < 4.78 is 184. The topological polar surface area (TPSA) is 222 Å². The molecule has 2 heterocycles. The number of carbonyl (C=O) groups is 4. The lowest BCUT2D eigenvalue weighted by atomic mass is 9.80. The van der Waals surface area contributed by atoms with Crippen molar-refractivity contribution in [1.82, 2.24) is 29.6 Å². The Hall–Kier alpha value is -7.18. The molecule has 1 saturated heterocycles. The third kappa shape index (κ3) is 16.2. The molecule has 0 unspecified atom stereocenters. The monoisotopic (exact) mass is 1160 g/mol. The lowest BCUT2D eigenvalue weighted by Gasteiger charge is -2.37. The Morgan fingerprint density at radius 3 is 1.49 bits per heavy atom. The van der Waals surface area contributed by atoms with Crippen LogP contribution in [0.2, 0.25) is 0 Å². The van der Waals surface area contributed by atoms with Crippen LogP contribution in [0.4, 0.5) is 52.7 Å². The Bertz CT molecular complexity index is 2780. The maximum Gasteiger partial charge on any atom is 0.471 e. The number of aromatic amines is 1. The Morgan fingerprint density at radius 2 is 1.04 bits per heavy atom. The van der Waals surface area contributed by atoms with E-state index >= 15 is 0 Å². The number of aromatic nitrogens is 2. The standard InChI is InChI=1S/C50H54F12N6O12/c1-77-34-16-12-32(13-17-34)46(31-10-4-3-5-11-31,33-14-18-35(78-2)19-15-33)79-29-36-37(69)38(70)40(80-36)68-28-30(39(71)64-45(68)76)20-27-67(44(75)50(60,61)62)26-9-25-66(43(74)49(57,58)59)23-7-6-22-65(42(73)48(54,55)56)24-8-21-63-41(72)47(51,52)53/h3-5,10-19,28,36-38,40,69-70H,6-9,20-27,29H2,1-2H3,(H,63,72)(H,64,71,76)/t36-,37-,38-,40-/m1/s1. The average Bonchev–Trinajstić information content (AvgIpc) is 3.68. The maximum atomic E-state index is 13.9. The highest BCUT2D eigenvalue weighted by Gasteiger charge is 2.48. The van der Waals surface area contributed by atoms with Crippen molar-refractivity contribution in [2.75, 3.05) is 66.6 Å². The minimum atomic E-state index is -5.61. The first-order chi connectivity index (χ1) is 37.4. The number of nitrogens with one attached hydrogen (secondary N) is 2. The minimum absolute atomic E-state index is 0.0822. The molecule has 80 heavy (non-hydrogen) atoms. The summed E-state index contributed by atoms with van der Waals surface area (Å²) in [4.78, 5) is 76.5. The minimum Gasteiger partial charge on any atom is -0.497 e. The van der Waals surface area contributed by atoms with Gasteiger partial charge in [-0.15, -0.1) is 0 Å². The van der Waals surface area contributed by atoms with Crippen LogP contribution in [0.25, 0.3) is 0 Å². The van der Waals surface area contributed by atoms with Gasteiger partial charge in [-0.05, 0) is 73.1 Å². The van der Waals surface area contributed by atoms with E-state index in [4.69, 9.17) is 18.9 Å². The van der Waals surface area contributed by atoms with Crippen LogP contribution < -0.4 is 26.0 Å².